The maximum absolute atomic E-state index is 12.3. The Morgan fingerprint density at radius 2 is 1.58 bits per heavy atom. The van der Waals surface area contributed by atoms with E-state index in [4.69, 9.17) is 4.74 Å². The molecule has 0 aliphatic heterocycles. The molecule has 0 saturated heterocycles. The highest BCUT2D eigenvalue weighted by Gasteiger charge is 2.35. The van der Waals surface area contributed by atoms with Gasteiger partial charge in [-0.2, -0.15) is 0 Å². The molecule has 1 unspecified atom stereocenters. The second-order valence-corrected chi connectivity index (χ2v) is 7.91. The molecule has 19 heavy (non-hydrogen) atoms. The zero-order chi connectivity index (χ0) is 15.1. The molecule has 114 valence electrons. The molecule has 0 saturated carbocycles. The average Bonchev–Trinajstić information content (AvgIpc) is 2.22. The van der Waals surface area contributed by atoms with Crippen molar-refractivity contribution in [3.63, 3.8) is 0 Å². The monoisotopic (exact) mass is 270 g/mol. The summed E-state index contributed by atoms with van der Waals surface area (Å²) in [6, 6.07) is 0. The van der Waals surface area contributed by atoms with Crippen LogP contribution < -0.4 is 0 Å². The molecule has 0 aliphatic rings. The second-order valence-electron chi connectivity index (χ2n) is 7.91. The standard InChI is InChI=1S/C17H34O2/c1-8-9-10-11-12-19-15(18)14(17(5,6)7)13-16(2,3)4/h14H,8-13H2,1-7H3. The SMILES string of the molecule is CCCCCCOC(=O)C(CC(C)(C)C)C(C)(C)C. The maximum Gasteiger partial charge on any atom is 0.309 e. The summed E-state index contributed by atoms with van der Waals surface area (Å²) in [5.74, 6) is -0.0300. The van der Waals surface area contributed by atoms with E-state index < -0.39 is 0 Å². The first-order chi connectivity index (χ1) is 8.58. The molecular weight excluding hydrogens is 236 g/mol. The van der Waals surface area contributed by atoms with E-state index in [1.54, 1.807) is 0 Å². The topological polar surface area (TPSA) is 26.3 Å². The highest BCUT2D eigenvalue weighted by atomic mass is 16.5. The Morgan fingerprint density at radius 1 is 1.00 bits per heavy atom. The van der Waals surface area contributed by atoms with E-state index >= 15 is 0 Å². The number of carbonyl (C=O) groups excluding carboxylic acids is 1. The van der Waals surface area contributed by atoms with E-state index in [9.17, 15) is 4.79 Å². The summed E-state index contributed by atoms with van der Waals surface area (Å²) in [6.07, 6.45) is 5.46. The van der Waals surface area contributed by atoms with Crippen molar-refractivity contribution >= 4 is 5.97 Å². The van der Waals surface area contributed by atoms with Crippen LogP contribution in [0.15, 0.2) is 0 Å². The molecule has 0 rings (SSSR count). The maximum atomic E-state index is 12.3. The van der Waals surface area contributed by atoms with Crippen LogP contribution in [-0.4, -0.2) is 12.6 Å². The van der Waals surface area contributed by atoms with Crippen molar-refractivity contribution in [3.8, 4) is 0 Å². The van der Waals surface area contributed by atoms with Crippen LogP contribution in [0.3, 0.4) is 0 Å². The molecule has 0 amide bonds. The van der Waals surface area contributed by atoms with Crippen LogP contribution in [0.25, 0.3) is 0 Å². The fourth-order valence-corrected chi connectivity index (χ4v) is 2.16. The summed E-state index contributed by atoms with van der Waals surface area (Å²) in [6.45, 7) is 15.7. The fourth-order valence-electron chi connectivity index (χ4n) is 2.16. The van der Waals surface area contributed by atoms with Crippen LogP contribution in [-0.2, 0) is 9.53 Å². The van der Waals surface area contributed by atoms with Gasteiger partial charge in [0.05, 0.1) is 12.5 Å². The van der Waals surface area contributed by atoms with Crippen molar-refractivity contribution in [1.82, 2.24) is 0 Å². The van der Waals surface area contributed by atoms with Crippen LogP contribution in [0.5, 0.6) is 0 Å². The van der Waals surface area contributed by atoms with Gasteiger partial charge in [-0.15, -0.1) is 0 Å². The second kappa shape index (κ2) is 7.91. The number of hydrogen-bond acceptors (Lipinski definition) is 2. The van der Waals surface area contributed by atoms with E-state index in [0.717, 1.165) is 19.3 Å². The predicted molar refractivity (Wildman–Crippen MR) is 82.1 cm³/mol. The molecule has 0 N–H and O–H groups in total. The van der Waals surface area contributed by atoms with Crippen LogP contribution in [0, 0.1) is 16.7 Å². The average molecular weight is 270 g/mol. The molecule has 0 aromatic carbocycles. The third-order valence-corrected chi connectivity index (χ3v) is 3.39. The zero-order valence-corrected chi connectivity index (χ0v) is 14.1. The molecule has 2 heteroatoms. The van der Waals surface area contributed by atoms with Crippen molar-refractivity contribution in [2.75, 3.05) is 6.61 Å². The van der Waals surface area contributed by atoms with Gasteiger partial charge in [-0.25, -0.2) is 0 Å². The molecule has 0 aromatic heterocycles. The lowest BCUT2D eigenvalue weighted by molar-refractivity contribution is -0.154. The molecule has 2 nitrogen and oxygen atoms in total. The smallest absolute Gasteiger partial charge is 0.309 e. The van der Waals surface area contributed by atoms with Gasteiger partial charge in [0, 0.05) is 0 Å². The minimum atomic E-state index is -0.0339. The lowest BCUT2D eigenvalue weighted by Gasteiger charge is -2.33. The third kappa shape index (κ3) is 9.07. The number of ether oxygens (including phenoxy) is 1. The molecule has 1 atom stereocenters. The van der Waals surface area contributed by atoms with Gasteiger partial charge in [-0.05, 0) is 23.7 Å². The van der Waals surface area contributed by atoms with Crippen LogP contribution in [0.1, 0.15) is 80.6 Å². The highest BCUT2D eigenvalue weighted by Crippen LogP contribution is 2.36. The summed E-state index contributed by atoms with van der Waals surface area (Å²) >= 11 is 0. The number of unbranched alkanes of at least 4 members (excludes halogenated alkanes) is 3. The van der Waals surface area contributed by atoms with Gasteiger partial charge in [0.1, 0.15) is 0 Å². The summed E-state index contributed by atoms with van der Waals surface area (Å²) < 4.78 is 5.48. The van der Waals surface area contributed by atoms with Crippen LogP contribution in [0.2, 0.25) is 0 Å². The van der Waals surface area contributed by atoms with Crippen molar-refractivity contribution in [1.29, 1.82) is 0 Å². The molecule has 0 fully saturated rings. The predicted octanol–water partition coefficient (Wildman–Crippen LogP) is 5.21. The van der Waals surface area contributed by atoms with Gasteiger partial charge < -0.3 is 4.74 Å². The third-order valence-electron chi connectivity index (χ3n) is 3.39. The Bertz CT molecular complexity index is 255. The van der Waals surface area contributed by atoms with Crippen molar-refractivity contribution in [3.05, 3.63) is 0 Å². The van der Waals surface area contributed by atoms with Gasteiger partial charge >= 0.3 is 5.97 Å². The zero-order valence-electron chi connectivity index (χ0n) is 14.1. The Hall–Kier alpha value is -0.530. The van der Waals surface area contributed by atoms with E-state index in [2.05, 4.69) is 48.5 Å². The minimum Gasteiger partial charge on any atom is -0.465 e. The lowest BCUT2D eigenvalue weighted by Crippen LogP contribution is -2.33. The van der Waals surface area contributed by atoms with E-state index in [1.165, 1.54) is 12.8 Å². The van der Waals surface area contributed by atoms with Gasteiger partial charge in [-0.3, -0.25) is 4.79 Å². The molecule has 0 aromatic rings. The van der Waals surface area contributed by atoms with E-state index in [0.29, 0.717) is 6.61 Å². The van der Waals surface area contributed by atoms with Gasteiger partial charge in [-0.1, -0.05) is 67.7 Å². The summed E-state index contributed by atoms with van der Waals surface area (Å²) in [5.41, 5.74) is 0.118. The molecular formula is C17H34O2. The largest absolute Gasteiger partial charge is 0.465 e. The Labute approximate surface area is 120 Å². The number of esters is 1. The fraction of sp³-hybridized carbons (Fsp3) is 0.941. The molecule has 0 heterocycles. The highest BCUT2D eigenvalue weighted by molar-refractivity contribution is 5.73. The number of carbonyl (C=O) groups is 1. The lowest BCUT2D eigenvalue weighted by atomic mass is 9.72. The first-order valence-corrected chi connectivity index (χ1v) is 7.74. The van der Waals surface area contributed by atoms with Crippen molar-refractivity contribution < 1.29 is 9.53 Å². The minimum absolute atomic E-state index is 0.0149. The first kappa shape index (κ1) is 18.5. The number of rotatable bonds is 7. The molecule has 0 radical (unpaired) electrons. The normalized spacial score (nSPS) is 14.3. The van der Waals surface area contributed by atoms with Gasteiger partial charge in [0.15, 0.2) is 0 Å². The van der Waals surface area contributed by atoms with E-state index in [-0.39, 0.29) is 22.7 Å². The summed E-state index contributed by atoms with van der Waals surface area (Å²) in [5, 5.41) is 0. The molecule has 0 bridgehead atoms. The Morgan fingerprint density at radius 3 is 2.00 bits per heavy atom. The Kier molecular flexibility index (Phi) is 7.69. The summed E-state index contributed by atoms with van der Waals surface area (Å²) in [4.78, 5) is 12.3. The quantitative estimate of drug-likeness (QED) is 0.469. The molecule has 0 aliphatic carbocycles. The Balaban J connectivity index is 4.33. The van der Waals surface area contributed by atoms with Crippen LogP contribution in [0.4, 0.5) is 0 Å². The first-order valence-electron chi connectivity index (χ1n) is 7.74. The van der Waals surface area contributed by atoms with Gasteiger partial charge in [0.2, 0.25) is 0 Å². The number of hydrogen-bond donors (Lipinski definition) is 0. The van der Waals surface area contributed by atoms with Gasteiger partial charge in [0.25, 0.3) is 0 Å². The van der Waals surface area contributed by atoms with Crippen molar-refractivity contribution in [2.45, 2.75) is 80.6 Å². The molecule has 0 spiro atoms. The van der Waals surface area contributed by atoms with Crippen molar-refractivity contribution in [2.24, 2.45) is 16.7 Å². The summed E-state index contributed by atoms with van der Waals surface area (Å²) in [7, 11) is 0. The van der Waals surface area contributed by atoms with E-state index in [1.807, 2.05) is 0 Å². The van der Waals surface area contributed by atoms with Crippen LogP contribution >= 0.6 is 0 Å².